The first-order chi connectivity index (χ1) is 7.72. The second-order valence-electron chi connectivity index (χ2n) is 3.19. The smallest absolute Gasteiger partial charge is 0.257 e. The molecule has 0 saturated heterocycles. The van der Waals surface area contributed by atoms with Gasteiger partial charge in [-0.05, 0) is 17.7 Å². The van der Waals surface area contributed by atoms with Gasteiger partial charge >= 0.3 is 0 Å². The summed E-state index contributed by atoms with van der Waals surface area (Å²) in [6, 6.07) is 5.98. The summed E-state index contributed by atoms with van der Waals surface area (Å²) < 4.78 is 17.7. The van der Waals surface area contributed by atoms with Gasteiger partial charge < -0.3 is 10.5 Å². The average molecular weight is 219 g/mol. The quantitative estimate of drug-likeness (QED) is 0.837. The van der Waals surface area contributed by atoms with E-state index in [0.29, 0.717) is 11.3 Å². The molecule has 2 aromatic rings. The van der Waals surface area contributed by atoms with Crippen LogP contribution in [0.15, 0.2) is 30.5 Å². The molecular formula is C11H10FN3O. The lowest BCUT2D eigenvalue weighted by Crippen LogP contribution is -1.99. The lowest BCUT2D eigenvalue weighted by atomic mass is 10.1. The van der Waals surface area contributed by atoms with Crippen molar-refractivity contribution in [1.29, 1.82) is 0 Å². The van der Waals surface area contributed by atoms with Crippen molar-refractivity contribution in [1.82, 2.24) is 10.2 Å². The van der Waals surface area contributed by atoms with Crippen LogP contribution in [0, 0.1) is 5.82 Å². The molecule has 0 bridgehead atoms. The number of nitrogens with two attached hydrogens (primary N) is 1. The molecular weight excluding hydrogens is 209 g/mol. The molecule has 1 heterocycles. The van der Waals surface area contributed by atoms with Crippen molar-refractivity contribution < 1.29 is 9.13 Å². The third-order valence-electron chi connectivity index (χ3n) is 2.20. The molecule has 0 amide bonds. The second-order valence-corrected chi connectivity index (χ2v) is 3.19. The van der Waals surface area contributed by atoms with Crippen molar-refractivity contribution >= 4 is 5.69 Å². The van der Waals surface area contributed by atoms with Crippen molar-refractivity contribution in [3.05, 3.63) is 36.3 Å². The van der Waals surface area contributed by atoms with Gasteiger partial charge in [0.1, 0.15) is 11.5 Å². The van der Waals surface area contributed by atoms with Crippen molar-refractivity contribution in [3.8, 4) is 17.0 Å². The fourth-order valence-electron chi connectivity index (χ4n) is 1.39. The Labute approximate surface area is 91.9 Å². The Bertz CT molecular complexity index is 499. The summed E-state index contributed by atoms with van der Waals surface area (Å²) >= 11 is 0. The van der Waals surface area contributed by atoms with E-state index in [-0.39, 0.29) is 11.7 Å². The van der Waals surface area contributed by atoms with Gasteiger partial charge in [-0.2, -0.15) is 5.10 Å². The molecule has 0 saturated carbocycles. The van der Waals surface area contributed by atoms with Crippen LogP contribution in [-0.2, 0) is 0 Å². The minimum absolute atomic E-state index is 0.266. The highest BCUT2D eigenvalue weighted by Crippen LogP contribution is 2.30. The van der Waals surface area contributed by atoms with Crippen molar-refractivity contribution in [2.45, 2.75) is 0 Å². The van der Waals surface area contributed by atoms with Crippen LogP contribution < -0.4 is 10.5 Å². The van der Waals surface area contributed by atoms with Gasteiger partial charge in [0.15, 0.2) is 0 Å². The van der Waals surface area contributed by atoms with Crippen LogP contribution in [0.25, 0.3) is 11.1 Å². The maximum atomic E-state index is 12.8. The van der Waals surface area contributed by atoms with E-state index >= 15 is 0 Å². The third kappa shape index (κ3) is 1.79. The number of hydrogen-bond donors (Lipinski definition) is 1. The molecule has 5 heteroatoms. The fraction of sp³-hybridized carbons (Fsp3) is 0.0909. The van der Waals surface area contributed by atoms with Crippen molar-refractivity contribution in [2.75, 3.05) is 12.8 Å². The predicted octanol–water partition coefficient (Wildman–Crippen LogP) is 1.87. The monoisotopic (exact) mass is 219 g/mol. The molecule has 0 atom stereocenters. The number of nitrogen functional groups attached to an aromatic ring is 1. The highest BCUT2D eigenvalue weighted by molar-refractivity contribution is 5.78. The summed E-state index contributed by atoms with van der Waals surface area (Å²) in [7, 11) is 1.47. The van der Waals surface area contributed by atoms with E-state index in [1.165, 1.54) is 25.4 Å². The minimum atomic E-state index is -0.295. The van der Waals surface area contributed by atoms with Crippen LogP contribution in [0.5, 0.6) is 5.88 Å². The van der Waals surface area contributed by atoms with Crippen LogP contribution in [-0.4, -0.2) is 17.3 Å². The molecule has 82 valence electrons. The molecule has 1 aromatic heterocycles. The van der Waals surface area contributed by atoms with Gasteiger partial charge in [0.25, 0.3) is 5.88 Å². The van der Waals surface area contributed by atoms with Gasteiger partial charge in [0, 0.05) is 5.56 Å². The van der Waals surface area contributed by atoms with E-state index in [1.807, 2.05) is 0 Å². The van der Waals surface area contributed by atoms with Gasteiger partial charge in [-0.15, -0.1) is 5.10 Å². The highest BCUT2D eigenvalue weighted by atomic mass is 19.1. The van der Waals surface area contributed by atoms with Gasteiger partial charge in [0.2, 0.25) is 0 Å². The van der Waals surface area contributed by atoms with E-state index < -0.39 is 0 Å². The first kappa shape index (κ1) is 10.4. The van der Waals surface area contributed by atoms with Crippen LogP contribution >= 0.6 is 0 Å². The summed E-state index contributed by atoms with van der Waals surface area (Å²) in [6.45, 7) is 0. The number of anilines is 1. The lowest BCUT2D eigenvalue weighted by molar-refractivity contribution is 0.394. The molecule has 16 heavy (non-hydrogen) atoms. The zero-order valence-corrected chi connectivity index (χ0v) is 8.64. The number of aromatic nitrogens is 2. The molecule has 0 spiro atoms. The largest absolute Gasteiger partial charge is 0.478 e. The molecule has 0 unspecified atom stereocenters. The van der Waals surface area contributed by atoms with Gasteiger partial charge in [-0.3, -0.25) is 0 Å². The van der Waals surface area contributed by atoms with Crippen LogP contribution in [0.3, 0.4) is 0 Å². The molecule has 0 radical (unpaired) electrons. The second kappa shape index (κ2) is 4.14. The Morgan fingerprint density at radius 2 is 1.94 bits per heavy atom. The normalized spacial score (nSPS) is 10.1. The van der Waals surface area contributed by atoms with E-state index in [4.69, 9.17) is 10.5 Å². The summed E-state index contributed by atoms with van der Waals surface area (Å²) in [6.07, 6.45) is 1.52. The number of benzene rings is 1. The zero-order valence-electron chi connectivity index (χ0n) is 8.64. The molecule has 2 rings (SSSR count). The maximum Gasteiger partial charge on any atom is 0.257 e. The van der Waals surface area contributed by atoms with Crippen molar-refractivity contribution in [2.24, 2.45) is 0 Å². The standard InChI is InChI=1S/C11H10FN3O/c1-16-11-10(13)9(6-14-15-11)7-2-4-8(12)5-3-7/h2-6H,1H3,(H2,13,14). The SMILES string of the molecule is COc1nncc(-c2ccc(F)cc2)c1N. The molecule has 4 nitrogen and oxygen atoms in total. The fourth-order valence-corrected chi connectivity index (χ4v) is 1.39. The molecule has 0 aliphatic heterocycles. The average Bonchev–Trinajstić information content (AvgIpc) is 2.31. The van der Waals surface area contributed by atoms with Gasteiger partial charge in [-0.1, -0.05) is 12.1 Å². The molecule has 0 aliphatic rings. The molecule has 0 aliphatic carbocycles. The Kier molecular flexibility index (Phi) is 2.68. The van der Waals surface area contributed by atoms with E-state index in [0.717, 1.165) is 5.56 Å². The first-order valence-corrected chi connectivity index (χ1v) is 4.63. The highest BCUT2D eigenvalue weighted by Gasteiger charge is 2.09. The Morgan fingerprint density at radius 1 is 1.25 bits per heavy atom. The maximum absolute atomic E-state index is 12.8. The number of hydrogen-bond acceptors (Lipinski definition) is 4. The van der Waals surface area contributed by atoms with Gasteiger partial charge in [-0.25, -0.2) is 4.39 Å². The van der Waals surface area contributed by atoms with E-state index in [9.17, 15) is 4.39 Å². The van der Waals surface area contributed by atoms with Gasteiger partial charge in [0.05, 0.1) is 13.3 Å². The summed E-state index contributed by atoms with van der Waals surface area (Å²) in [5.74, 6) is -0.0295. The lowest BCUT2D eigenvalue weighted by Gasteiger charge is -2.07. The first-order valence-electron chi connectivity index (χ1n) is 4.63. The van der Waals surface area contributed by atoms with E-state index in [1.54, 1.807) is 12.1 Å². The van der Waals surface area contributed by atoms with Crippen LogP contribution in [0.4, 0.5) is 10.1 Å². The topological polar surface area (TPSA) is 61.0 Å². The zero-order chi connectivity index (χ0) is 11.5. The Hall–Kier alpha value is -2.17. The minimum Gasteiger partial charge on any atom is -0.478 e. The number of halogens is 1. The number of ether oxygens (including phenoxy) is 1. The van der Waals surface area contributed by atoms with Crippen LogP contribution in [0.2, 0.25) is 0 Å². The molecule has 1 aromatic carbocycles. The van der Waals surface area contributed by atoms with E-state index in [2.05, 4.69) is 10.2 Å². The Balaban J connectivity index is 2.51. The summed E-state index contributed by atoms with van der Waals surface area (Å²) in [5.41, 5.74) is 7.68. The number of nitrogens with zero attached hydrogens (tertiary/aromatic N) is 2. The Morgan fingerprint density at radius 3 is 2.56 bits per heavy atom. The number of methoxy groups -OCH3 is 1. The predicted molar refractivity (Wildman–Crippen MR) is 58.4 cm³/mol. The van der Waals surface area contributed by atoms with Crippen LogP contribution in [0.1, 0.15) is 0 Å². The third-order valence-corrected chi connectivity index (χ3v) is 2.20. The summed E-state index contributed by atoms with van der Waals surface area (Å²) in [4.78, 5) is 0. The number of rotatable bonds is 2. The molecule has 0 fully saturated rings. The summed E-state index contributed by atoms with van der Waals surface area (Å²) in [5, 5.41) is 7.50. The van der Waals surface area contributed by atoms with Crippen molar-refractivity contribution in [3.63, 3.8) is 0 Å². The molecule has 2 N–H and O–H groups in total.